The number of halogens is 2. The van der Waals surface area contributed by atoms with Crippen LogP contribution in [0.1, 0.15) is 15.9 Å². The minimum atomic E-state index is -0.663. The van der Waals surface area contributed by atoms with Crippen LogP contribution in [0, 0.1) is 11.8 Å². The zero-order valence-electron chi connectivity index (χ0n) is 11.7. The van der Waals surface area contributed by atoms with E-state index in [-0.39, 0.29) is 5.78 Å². The molecule has 1 heterocycles. The van der Waals surface area contributed by atoms with Crippen LogP contribution in [0.5, 0.6) is 0 Å². The summed E-state index contributed by atoms with van der Waals surface area (Å²) in [5, 5.41) is 0. The molecule has 21 heavy (non-hydrogen) atoms. The Bertz CT molecular complexity index is 679. The molecule has 0 saturated heterocycles. The van der Waals surface area contributed by atoms with E-state index in [2.05, 4.69) is 4.98 Å². The number of hydrogen-bond donors (Lipinski definition) is 0. The van der Waals surface area contributed by atoms with E-state index in [1.165, 1.54) is 36.5 Å². The summed E-state index contributed by atoms with van der Waals surface area (Å²) in [6.07, 6.45) is 2.90. The van der Waals surface area contributed by atoms with Gasteiger partial charge in [0.15, 0.2) is 5.78 Å². The third-order valence-corrected chi connectivity index (χ3v) is 2.78. The van der Waals surface area contributed by atoms with Gasteiger partial charge in [0.1, 0.15) is 5.82 Å². The monoisotopic (exact) mass is 288 g/mol. The first-order chi connectivity index (χ1) is 9.97. The molecule has 108 valence electrons. The molecule has 1 aromatic carbocycles. The van der Waals surface area contributed by atoms with Gasteiger partial charge in [-0.05, 0) is 35.9 Å². The first-order valence-electron chi connectivity index (χ1n) is 6.28. The van der Waals surface area contributed by atoms with Crippen molar-refractivity contribution in [2.24, 2.45) is 0 Å². The number of carbonyl (C=O) groups excluding carboxylic acids is 1. The van der Waals surface area contributed by atoms with Crippen molar-refractivity contribution in [3.63, 3.8) is 0 Å². The first-order valence-corrected chi connectivity index (χ1v) is 6.28. The Kier molecular flexibility index (Phi) is 4.42. The van der Waals surface area contributed by atoms with Crippen molar-refractivity contribution in [2.45, 2.75) is 0 Å². The van der Waals surface area contributed by atoms with E-state index in [1.54, 1.807) is 31.3 Å². The van der Waals surface area contributed by atoms with Crippen molar-refractivity contribution >= 4 is 11.4 Å². The highest BCUT2D eigenvalue weighted by Gasteiger charge is 2.16. The van der Waals surface area contributed by atoms with Gasteiger partial charge in [0.2, 0.25) is 5.95 Å². The van der Waals surface area contributed by atoms with Gasteiger partial charge in [0.25, 0.3) is 0 Å². The second kappa shape index (κ2) is 6.26. The van der Waals surface area contributed by atoms with Gasteiger partial charge in [-0.3, -0.25) is 4.79 Å². The summed E-state index contributed by atoms with van der Waals surface area (Å²) in [4.78, 5) is 17.7. The van der Waals surface area contributed by atoms with Gasteiger partial charge in [0, 0.05) is 43.7 Å². The minimum absolute atomic E-state index is 0.311. The Balaban J connectivity index is 2.46. The number of carbonyl (C=O) groups is 1. The van der Waals surface area contributed by atoms with E-state index in [0.717, 1.165) is 0 Å². The molecule has 0 unspecified atom stereocenters. The molecule has 0 amide bonds. The van der Waals surface area contributed by atoms with Gasteiger partial charge >= 0.3 is 0 Å². The number of allylic oxidation sites excluding steroid dienone is 1. The lowest BCUT2D eigenvalue weighted by molar-refractivity contribution is 0.105. The standard InChI is InChI=1S/C16H14F2N2O/c1-20(2)10-14(12-7-8-19-15(18)9-12)16(21)11-3-5-13(17)6-4-11/h3-10H,1-2H3. The highest BCUT2D eigenvalue weighted by molar-refractivity contribution is 6.28. The van der Waals surface area contributed by atoms with Crippen molar-refractivity contribution in [1.82, 2.24) is 9.88 Å². The molecular weight excluding hydrogens is 274 g/mol. The molecule has 0 saturated carbocycles. The fraction of sp³-hybridized carbons (Fsp3) is 0.125. The SMILES string of the molecule is CN(C)C=C(C(=O)c1ccc(F)cc1)c1ccnc(F)c1. The molecular formula is C16H14F2N2O. The Labute approximate surface area is 121 Å². The molecule has 0 radical (unpaired) electrons. The zero-order chi connectivity index (χ0) is 15.4. The maximum Gasteiger partial charge on any atom is 0.213 e. The minimum Gasteiger partial charge on any atom is -0.383 e. The normalized spacial score (nSPS) is 11.3. The second-order valence-electron chi connectivity index (χ2n) is 4.71. The van der Waals surface area contributed by atoms with Crippen LogP contribution in [0.3, 0.4) is 0 Å². The van der Waals surface area contributed by atoms with E-state index < -0.39 is 11.8 Å². The molecule has 0 N–H and O–H groups in total. The predicted octanol–water partition coefficient (Wildman–Crippen LogP) is 3.15. The Morgan fingerprint density at radius 3 is 2.33 bits per heavy atom. The number of hydrogen-bond acceptors (Lipinski definition) is 3. The van der Waals surface area contributed by atoms with E-state index in [9.17, 15) is 13.6 Å². The van der Waals surface area contributed by atoms with Crippen molar-refractivity contribution < 1.29 is 13.6 Å². The van der Waals surface area contributed by atoms with Gasteiger partial charge < -0.3 is 4.90 Å². The molecule has 0 bridgehead atoms. The van der Waals surface area contributed by atoms with E-state index in [0.29, 0.717) is 16.7 Å². The van der Waals surface area contributed by atoms with Crippen LogP contribution in [0.25, 0.3) is 5.57 Å². The summed E-state index contributed by atoms with van der Waals surface area (Å²) in [6.45, 7) is 0. The number of ketones is 1. The first kappa shape index (κ1) is 14.8. The predicted molar refractivity (Wildman–Crippen MR) is 76.6 cm³/mol. The second-order valence-corrected chi connectivity index (χ2v) is 4.71. The summed E-state index contributed by atoms with van der Waals surface area (Å²) < 4.78 is 26.2. The molecule has 1 aromatic heterocycles. The highest BCUT2D eigenvalue weighted by Crippen LogP contribution is 2.20. The quantitative estimate of drug-likeness (QED) is 0.492. The molecule has 2 rings (SSSR count). The number of rotatable bonds is 4. The molecule has 0 atom stereocenters. The molecule has 0 aliphatic rings. The van der Waals surface area contributed by atoms with Crippen LogP contribution in [-0.4, -0.2) is 29.8 Å². The highest BCUT2D eigenvalue weighted by atomic mass is 19.1. The van der Waals surface area contributed by atoms with Crippen molar-refractivity contribution in [1.29, 1.82) is 0 Å². The Hall–Kier alpha value is -2.56. The van der Waals surface area contributed by atoms with Gasteiger partial charge in [-0.2, -0.15) is 4.39 Å². The summed E-state index contributed by atoms with van der Waals surface area (Å²) in [5.41, 5.74) is 1.07. The van der Waals surface area contributed by atoms with E-state index in [1.807, 2.05) is 0 Å². The number of pyridine rings is 1. The summed E-state index contributed by atoms with van der Waals surface area (Å²) in [7, 11) is 3.52. The summed E-state index contributed by atoms with van der Waals surface area (Å²) in [6, 6.07) is 7.98. The Morgan fingerprint density at radius 2 is 1.76 bits per heavy atom. The number of benzene rings is 1. The van der Waals surface area contributed by atoms with Gasteiger partial charge in [0.05, 0.1) is 0 Å². The number of aromatic nitrogens is 1. The van der Waals surface area contributed by atoms with Crippen LogP contribution >= 0.6 is 0 Å². The molecule has 0 aliphatic heterocycles. The van der Waals surface area contributed by atoms with E-state index in [4.69, 9.17) is 0 Å². The Morgan fingerprint density at radius 1 is 1.10 bits per heavy atom. The maximum absolute atomic E-state index is 13.3. The third kappa shape index (κ3) is 3.72. The number of Topliss-reactive ketones (excluding diaryl/α,β-unsaturated/α-hetero) is 1. The molecule has 3 nitrogen and oxygen atoms in total. The van der Waals surface area contributed by atoms with Crippen molar-refractivity contribution in [3.8, 4) is 0 Å². The van der Waals surface area contributed by atoms with Gasteiger partial charge in [-0.25, -0.2) is 9.37 Å². The fourth-order valence-electron chi connectivity index (χ4n) is 1.85. The summed E-state index contributed by atoms with van der Waals surface area (Å²) in [5.74, 6) is -1.39. The third-order valence-electron chi connectivity index (χ3n) is 2.78. The van der Waals surface area contributed by atoms with Crippen LogP contribution in [-0.2, 0) is 0 Å². The average Bonchev–Trinajstić information content (AvgIpc) is 2.44. The molecule has 5 heteroatoms. The van der Waals surface area contributed by atoms with Crippen molar-refractivity contribution in [2.75, 3.05) is 14.1 Å². The lowest BCUT2D eigenvalue weighted by atomic mass is 9.98. The molecule has 0 aliphatic carbocycles. The van der Waals surface area contributed by atoms with Crippen LogP contribution in [0.4, 0.5) is 8.78 Å². The van der Waals surface area contributed by atoms with Crippen molar-refractivity contribution in [3.05, 3.63) is 71.7 Å². The smallest absolute Gasteiger partial charge is 0.213 e. The van der Waals surface area contributed by atoms with Gasteiger partial charge in [-0.15, -0.1) is 0 Å². The molecule has 2 aromatic rings. The zero-order valence-corrected chi connectivity index (χ0v) is 11.7. The van der Waals surface area contributed by atoms with Crippen LogP contribution in [0.15, 0.2) is 48.8 Å². The lowest BCUT2D eigenvalue weighted by Crippen LogP contribution is -2.09. The molecule has 0 spiro atoms. The largest absolute Gasteiger partial charge is 0.383 e. The van der Waals surface area contributed by atoms with Crippen LogP contribution in [0.2, 0.25) is 0 Å². The maximum atomic E-state index is 13.3. The fourth-order valence-corrected chi connectivity index (χ4v) is 1.85. The average molecular weight is 288 g/mol. The topological polar surface area (TPSA) is 33.2 Å². The summed E-state index contributed by atoms with van der Waals surface area (Å²) >= 11 is 0. The number of nitrogens with zero attached hydrogens (tertiary/aromatic N) is 2. The van der Waals surface area contributed by atoms with Crippen LogP contribution < -0.4 is 0 Å². The van der Waals surface area contributed by atoms with Gasteiger partial charge in [-0.1, -0.05) is 0 Å². The van der Waals surface area contributed by atoms with E-state index >= 15 is 0 Å². The lowest BCUT2D eigenvalue weighted by Gasteiger charge is -2.12. The molecule has 0 fully saturated rings.